The van der Waals surface area contributed by atoms with E-state index in [-0.39, 0.29) is 5.41 Å². The van der Waals surface area contributed by atoms with Gasteiger partial charge in [0.15, 0.2) is 5.78 Å². The van der Waals surface area contributed by atoms with Gasteiger partial charge in [0.05, 0.1) is 0 Å². The Hall–Kier alpha value is -1.33. The molecule has 0 spiro atoms. The van der Waals surface area contributed by atoms with E-state index in [0.29, 0.717) is 30.0 Å². The number of ketones is 1. The molecule has 0 saturated heterocycles. The van der Waals surface area contributed by atoms with Crippen LogP contribution in [-0.2, 0) is 4.79 Å². The van der Waals surface area contributed by atoms with Gasteiger partial charge in [0.2, 0.25) is 0 Å². The summed E-state index contributed by atoms with van der Waals surface area (Å²) >= 11 is 0. The van der Waals surface area contributed by atoms with Crippen LogP contribution in [0.4, 0.5) is 0 Å². The van der Waals surface area contributed by atoms with Gasteiger partial charge < -0.3 is 5.11 Å². The molecule has 5 aliphatic rings. The first-order valence-corrected chi connectivity index (χ1v) is 13.5. The molecule has 174 valence electrons. The lowest BCUT2D eigenvalue weighted by molar-refractivity contribution is -0.114. The van der Waals surface area contributed by atoms with E-state index in [4.69, 9.17) is 0 Å². The van der Waals surface area contributed by atoms with Gasteiger partial charge in [0.1, 0.15) is 5.60 Å². The molecule has 0 amide bonds. The first-order valence-electron chi connectivity index (χ1n) is 13.5. The molecule has 5 aliphatic carbocycles. The maximum atomic E-state index is 12.2. The Bertz CT molecular complexity index is 888. The van der Waals surface area contributed by atoms with E-state index in [9.17, 15) is 9.90 Å². The molecular formula is C30H42O2. The Morgan fingerprint density at radius 3 is 2.47 bits per heavy atom. The quantitative estimate of drug-likeness (QED) is 0.462. The number of allylic oxidation sites excluding steroid dienone is 4. The normalized spacial score (nSPS) is 44.3. The van der Waals surface area contributed by atoms with Gasteiger partial charge in [0, 0.05) is 11.8 Å². The minimum atomic E-state index is -0.838. The van der Waals surface area contributed by atoms with Crippen LogP contribution in [0.3, 0.4) is 0 Å². The van der Waals surface area contributed by atoms with Crippen molar-refractivity contribution in [1.29, 1.82) is 0 Å². The van der Waals surface area contributed by atoms with Gasteiger partial charge in [-0.05, 0) is 105 Å². The molecule has 0 radical (unpaired) electrons. The van der Waals surface area contributed by atoms with Crippen LogP contribution in [0.1, 0.15) is 104 Å². The minimum absolute atomic E-state index is 0.114. The number of carbonyl (C=O) groups is 1. The van der Waals surface area contributed by atoms with Crippen LogP contribution < -0.4 is 0 Å². The maximum Gasteiger partial charge on any atom is 0.156 e. The third-order valence-corrected chi connectivity index (χ3v) is 10.4. The highest BCUT2D eigenvalue weighted by molar-refractivity contribution is 5.93. The molecule has 0 bridgehead atoms. The fourth-order valence-electron chi connectivity index (χ4n) is 8.71. The van der Waals surface area contributed by atoms with Crippen LogP contribution in [0.15, 0.2) is 22.8 Å². The highest BCUT2D eigenvalue weighted by Crippen LogP contribution is 2.66. The largest absolute Gasteiger partial charge is 0.377 e. The average molecular weight is 435 g/mol. The Balaban J connectivity index is 1.59. The number of fused-ring (bicyclic) bond motifs is 4. The molecule has 3 saturated carbocycles. The summed E-state index contributed by atoms with van der Waals surface area (Å²) in [6, 6.07) is 0. The van der Waals surface area contributed by atoms with Crippen molar-refractivity contribution in [2.24, 2.45) is 35.0 Å². The van der Waals surface area contributed by atoms with E-state index in [1.165, 1.54) is 44.1 Å². The van der Waals surface area contributed by atoms with E-state index >= 15 is 0 Å². The smallest absolute Gasteiger partial charge is 0.156 e. The lowest BCUT2D eigenvalue weighted by Crippen LogP contribution is -2.52. The molecule has 0 aliphatic heterocycles. The first kappa shape index (κ1) is 22.5. The third kappa shape index (κ3) is 3.55. The van der Waals surface area contributed by atoms with Gasteiger partial charge in [0.25, 0.3) is 0 Å². The summed E-state index contributed by atoms with van der Waals surface area (Å²) in [4.78, 5) is 12.2. The predicted octanol–water partition coefficient (Wildman–Crippen LogP) is 6.78. The number of aliphatic hydroxyl groups is 1. The van der Waals surface area contributed by atoms with Gasteiger partial charge in [-0.3, -0.25) is 4.79 Å². The highest BCUT2D eigenvalue weighted by Gasteiger charge is 2.63. The van der Waals surface area contributed by atoms with Gasteiger partial charge in [-0.25, -0.2) is 0 Å². The summed E-state index contributed by atoms with van der Waals surface area (Å²) in [5.41, 5.74) is 3.72. The zero-order chi connectivity index (χ0) is 22.5. The minimum Gasteiger partial charge on any atom is -0.377 e. The van der Waals surface area contributed by atoms with Crippen molar-refractivity contribution in [3.05, 3.63) is 22.8 Å². The zero-order valence-electron chi connectivity index (χ0n) is 20.5. The monoisotopic (exact) mass is 434 g/mol. The number of carbonyl (C=O) groups excluding carboxylic acids is 1. The number of hydrogen-bond donors (Lipinski definition) is 1. The van der Waals surface area contributed by atoms with Crippen molar-refractivity contribution < 1.29 is 9.90 Å². The van der Waals surface area contributed by atoms with E-state index in [1.807, 2.05) is 13.0 Å². The number of rotatable bonds is 1. The molecule has 0 heterocycles. The SMILES string of the molecule is CC#CC1(O)CCC2C3CCC4=CC(=O)CCC4=C3C(C3CCCC(C)CCC3)CC21C. The molecule has 32 heavy (non-hydrogen) atoms. The fourth-order valence-corrected chi connectivity index (χ4v) is 8.71. The molecule has 5 rings (SSSR count). The van der Waals surface area contributed by atoms with Crippen molar-refractivity contribution in [2.75, 3.05) is 0 Å². The second kappa shape index (κ2) is 8.47. The second-order valence-corrected chi connectivity index (χ2v) is 12.1. The van der Waals surface area contributed by atoms with Crippen LogP contribution in [0.2, 0.25) is 0 Å². The van der Waals surface area contributed by atoms with Crippen molar-refractivity contribution in [1.82, 2.24) is 0 Å². The summed E-state index contributed by atoms with van der Waals surface area (Å²) < 4.78 is 0. The van der Waals surface area contributed by atoms with Crippen LogP contribution in [-0.4, -0.2) is 16.5 Å². The fraction of sp³-hybridized carbons (Fsp3) is 0.767. The van der Waals surface area contributed by atoms with E-state index in [2.05, 4.69) is 25.7 Å². The van der Waals surface area contributed by atoms with Crippen LogP contribution >= 0.6 is 0 Å². The average Bonchev–Trinajstić information content (AvgIpc) is 3.00. The third-order valence-electron chi connectivity index (χ3n) is 10.4. The van der Waals surface area contributed by atoms with Gasteiger partial charge >= 0.3 is 0 Å². The Morgan fingerprint density at radius 2 is 1.75 bits per heavy atom. The standard InChI is InChI=1S/C30H42O2/c1-4-16-30(32)17-15-27-25-13-11-22-18-23(31)12-14-24(22)28(25)26(19-29(27,30)3)21-9-5-7-20(2)8-6-10-21/h18,20-21,25-27,32H,5-15,17,19H2,1-3H3. The van der Waals surface area contributed by atoms with Crippen LogP contribution in [0.5, 0.6) is 0 Å². The van der Waals surface area contributed by atoms with Crippen molar-refractivity contribution >= 4 is 5.78 Å². The molecule has 5 unspecified atom stereocenters. The summed E-state index contributed by atoms with van der Waals surface area (Å²) in [5.74, 6) is 9.98. The first-order chi connectivity index (χ1) is 15.4. The molecule has 0 aromatic rings. The number of hydrogen-bond acceptors (Lipinski definition) is 2. The second-order valence-electron chi connectivity index (χ2n) is 12.1. The molecule has 3 fully saturated rings. The Morgan fingerprint density at radius 1 is 1.00 bits per heavy atom. The lowest BCUT2D eigenvalue weighted by Gasteiger charge is -2.55. The zero-order valence-corrected chi connectivity index (χ0v) is 20.5. The van der Waals surface area contributed by atoms with Gasteiger partial charge in [-0.2, -0.15) is 0 Å². The lowest BCUT2D eigenvalue weighted by atomic mass is 9.50. The molecule has 0 aromatic carbocycles. The van der Waals surface area contributed by atoms with Crippen LogP contribution in [0, 0.1) is 46.8 Å². The summed E-state index contributed by atoms with van der Waals surface area (Å²) in [6.45, 7) is 6.69. The molecule has 1 N–H and O–H groups in total. The topological polar surface area (TPSA) is 37.3 Å². The van der Waals surface area contributed by atoms with Gasteiger partial charge in [-0.1, -0.05) is 51.0 Å². The molecular weight excluding hydrogens is 392 g/mol. The molecule has 2 heteroatoms. The van der Waals surface area contributed by atoms with Crippen molar-refractivity contribution in [2.45, 2.75) is 110 Å². The predicted molar refractivity (Wildman–Crippen MR) is 130 cm³/mol. The molecule has 0 aromatic heterocycles. The molecule has 5 atom stereocenters. The highest BCUT2D eigenvalue weighted by atomic mass is 16.3. The van der Waals surface area contributed by atoms with Crippen LogP contribution in [0.25, 0.3) is 0 Å². The maximum absolute atomic E-state index is 12.2. The molecule has 2 nitrogen and oxygen atoms in total. The van der Waals surface area contributed by atoms with Gasteiger partial charge in [-0.15, -0.1) is 5.92 Å². The van der Waals surface area contributed by atoms with E-state index in [1.54, 1.807) is 11.1 Å². The Labute approximate surface area is 195 Å². The summed E-state index contributed by atoms with van der Waals surface area (Å²) in [7, 11) is 0. The van der Waals surface area contributed by atoms with Crippen molar-refractivity contribution in [3.8, 4) is 11.8 Å². The van der Waals surface area contributed by atoms with Crippen molar-refractivity contribution in [3.63, 3.8) is 0 Å². The van der Waals surface area contributed by atoms with E-state index in [0.717, 1.165) is 50.4 Å². The van der Waals surface area contributed by atoms with E-state index < -0.39 is 5.60 Å². The summed E-state index contributed by atoms with van der Waals surface area (Å²) in [6.07, 6.45) is 16.9. The Kier molecular flexibility index (Phi) is 5.94. The summed E-state index contributed by atoms with van der Waals surface area (Å²) in [5, 5.41) is 11.8.